The number of allylic oxidation sites excluding steroid dienone is 2. The summed E-state index contributed by atoms with van der Waals surface area (Å²) in [5, 5.41) is 11.2. The number of benzene rings is 2. The molecule has 2 aromatic carbocycles. The number of aryl methyl sites for hydroxylation is 1. The number of aromatic nitrogens is 2. The molecule has 1 aromatic heterocycles. The number of anilines is 1. The largest absolute Gasteiger partial charge is 0.342 e. The highest BCUT2D eigenvalue weighted by molar-refractivity contribution is 6.02. The van der Waals surface area contributed by atoms with Gasteiger partial charge in [0.15, 0.2) is 11.6 Å². The first-order valence-electron chi connectivity index (χ1n) is 10.3. The second-order valence-electron chi connectivity index (χ2n) is 9.17. The molecular formula is C25H24FN3O. The van der Waals surface area contributed by atoms with Crippen LogP contribution in [-0.4, -0.2) is 16.0 Å². The molecule has 0 unspecified atom stereocenters. The third kappa shape index (κ3) is 3.05. The van der Waals surface area contributed by atoms with Crippen LogP contribution in [0.5, 0.6) is 0 Å². The van der Waals surface area contributed by atoms with Crippen LogP contribution in [-0.2, 0) is 4.79 Å². The topological polar surface area (TPSA) is 57.8 Å². The summed E-state index contributed by atoms with van der Waals surface area (Å²) in [5.74, 6) is 0.314. The van der Waals surface area contributed by atoms with Crippen molar-refractivity contribution in [1.29, 1.82) is 0 Å². The van der Waals surface area contributed by atoms with Gasteiger partial charge in [0.05, 0.1) is 5.69 Å². The van der Waals surface area contributed by atoms with Crippen LogP contribution in [0.15, 0.2) is 59.8 Å². The monoisotopic (exact) mass is 401 g/mol. The molecule has 0 spiro atoms. The summed E-state index contributed by atoms with van der Waals surface area (Å²) in [4.78, 5) is 13.3. The van der Waals surface area contributed by atoms with Gasteiger partial charge in [0, 0.05) is 29.2 Å². The first kappa shape index (κ1) is 18.8. The third-order valence-corrected chi connectivity index (χ3v) is 6.11. The minimum Gasteiger partial charge on any atom is -0.342 e. The first-order chi connectivity index (χ1) is 14.3. The molecule has 2 N–H and O–H groups in total. The van der Waals surface area contributed by atoms with Crippen molar-refractivity contribution in [3.8, 4) is 11.3 Å². The third-order valence-electron chi connectivity index (χ3n) is 6.11. The molecule has 1 aliphatic heterocycles. The normalized spacial score (nSPS) is 19.9. The molecule has 3 aromatic rings. The lowest BCUT2D eigenvalue weighted by atomic mass is 9.69. The Morgan fingerprint density at radius 3 is 2.43 bits per heavy atom. The van der Waals surface area contributed by atoms with Crippen LogP contribution < -0.4 is 5.32 Å². The van der Waals surface area contributed by atoms with E-state index >= 15 is 0 Å². The van der Waals surface area contributed by atoms with Gasteiger partial charge in [0.25, 0.3) is 0 Å². The van der Waals surface area contributed by atoms with Crippen LogP contribution >= 0.6 is 0 Å². The zero-order valence-electron chi connectivity index (χ0n) is 17.3. The van der Waals surface area contributed by atoms with E-state index < -0.39 is 0 Å². The average Bonchev–Trinajstić information content (AvgIpc) is 3.10. The number of ketones is 1. The quantitative estimate of drug-likeness (QED) is 0.577. The van der Waals surface area contributed by atoms with E-state index in [0.29, 0.717) is 6.42 Å². The van der Waals surface area contributed by atoms with Crippen molar-refractivity contribution >= 4 is 11.6 Å². The average molecular weight is 401 g/mol. The zero-order valence-corrected chi connectivity index (χ0v) is 17.3. The van der Waals surface area contributed by atoms with E-state index in [-0.39, 0.29) is 22.9 Å². The highest BCUT2D eigenvalue weighted by atomic mass is 19.1. The number of carbonyl (C=O) groups is 1. The Morgan fingerprint density at radius 2 is 1.73 bits per heavy atom. The van der Waals surface area contributed by atoms with Gasteiger partial charge in [-0.25, -0.2) is 4.39 Å². The Balaban J connectivity index is 1.73. The molecule has 0 fully saturated rings. The van der Waals surface area contributed by atoms with E-state index in [9.17, 15) is 9.18 Å². The summed E-state index contributed by atoms with van der Waals surface area (Å²) in [6.45, 7) is 6.27. The van der Waals surface area contributed by atoms with E-state index in [4.69, 9.17) is 0 Å². The summed E-state index contributed by atoms with van der Waals surface area (Å²) in [7, 11) is 0. The van der Waals surface area contributed by atoms with E-state index in [2.05, 4.69) is 60.6 Å². The van der Waals surface area contributed by atoms with Crippen molar-refractivity contribution in [1.82, 2.24) is 10.2 Å². The van der Waals surface area contributed by atoms with Gasteiger partial charge in [-0.05, 0) is 42.0 Å². The Morgan fingerprint density at radius 1 is 1.03 bits per heavy atom. The van der Waals surface area contributed by atoms with E-state index in [1.807, 2.05) is 0 Å². The van der Waals surface area contributed by atoms with Gasteiger partial charge in [0.2, 0.25) is 0 Å². The number of fused-ring (bicyclic) bond motifs is 1. The van der Waals surface area contributed by atoms with Crippen molar-refractivity contribution in [3.05, 3.63) is 82.3 Å². The fourth-order valence-electron chi connectivity index (χ4n) is 4.72. The molecule has 5 heteroatoms. The Labute approximate surface area is 175 Å². The molecule has 2 aliphatic rings. The van der Waals surface area contributed by atoms with E-state index in [1.54, 1.807) is 12.1 Å². The number of hydrogen-bond donors (Lipinski definition) is 2. The second kappa shape index (κ2) is 6.66. The van der Waals surface area contributed by atoms with Crippen molar-refractivity contribution in [3.63, 3.8) is 0 Å². The molecule has 152 valence electrons. The van der Waals surface area contributed by atoms with Gasteiger partial charge in [0.1, 0.15) is 5.82 Å². The van der Waals surface area contributed by atoms with Gasteiger partial charge >= 0.3 is 0 Å². The Bertz CT molecular complexity index is 1170. The lowest BCUT2D eigenvalue weighted by Crippen LogP contribution is -2.33. The number of carbonyl (C=O) groups excluding carboxylic acids is 1. The standard InChI is InChI=1S/C25H24FN3O/c1-14-4-6-16(7-5-14)23-22-20(15-8-10-17(26)11-9-15)21-18(27-24(22)29-28-23)12-25(2,3)13-19(21)30/h4-11,20H,12-13H2,1-3H3,(H2,27,28,29)/t20-/m0/s1. The van der Waals surface area contributed by atoms with Crippen LogP contribution in [0.4, 0.5) is 10.2 Å². The smallest absolute Gasteiger partial charge is 0.162 e. The molecule has 1 atom stereocenters. The number of hydrogen-bond acceptors (Lipinski definition) is 3. The fraction of sp³-hybridized carbons (Fsp3) is 0.280. The molecule has 0 bridgehead atoms. The first-order valence-corrected chi connectivity index (χ1v) is 10.3. The molecule has 0 radical (unpaired) electrons. The fourth-order valence-corrected chi connectivity index (χ4v) is 4.72. The predicted octanol–water partition coefficient (Wildman–Crippen LogP) is 5.72. The number of aromatic amines is 1. The summed E-state index contributed by atoms with van der Waals surface area (Å²) in [6, 6.07) is 14.7. The maximum absolute atomic E-state index is 13.7. The number of rotatable bonds is 2. The molecular weight excluding hydrogens is 377 g/mol. The predicted molar refractivity (Wildman–Crippen MR) is 116 cm³/mol. The summed E-state index contributed by atoms with van der Waals surface area (Å²) >= 11 is 0. The van der Waals surface area contributed by atoms with Gasteiger partial charge in [-0.2, -0.15) is 5.10 Å². The zero-order chi connectivity index (χ0) is 21.0. The maximum atomic E-state index is 13.7. The summed E-state index contributed by atoms with van der Waals surface area (Å²) in [6.07, 6.45) is 1.27. The van der Waals surface area contributed by atoms with Gasteiger partial charge in [-0.3, -0.25) is 9.89 Å². The highest BCUT2D eigenvalue weighted by Crippen LogP contribution is 2.50. The molecule has 30 heavy (non-hydrogen) atoms. The van der Waals surface area contributed by atoms with Crippen molar-refractivity contribution < 1.29 is 9.18 Å². The Hall–Kier alpha value is -3.21. The Kier molecular flexibility index (Phi) is 4.17. The lowest BCUT2D eigenvalue weighted by molar-refractivity contribution is -0.118. The lowest BCUT2D eigenvalue weighted by Gasteiger charge is -2.38. The number of halogens is 1. The molecule has 5 rings (SSSR count). The van der Waals surface area contributed by atoms with Crippen molar-refractivity contribution in [2.24, 2.45) is 5.41 Å². The van der Waals surface area contributed by atoms with Gasteiger partial charge in [-0.1, -0.05) is 55.8 Å². The van der Waals surface area contributed by atoms with Gasteiger partial charge < -0.3 is 5.32 Å². The van der Waals surface area contributed by atoms with Crippen LogP contribution in [0, 0.1) is 18.2 Å². The molecule has 0 saturated heterocycles. The summed E-state index contributed by atoms with van der Waals surface area (Å²) < 4.78 is 13.7. The molecule has 0 amide bonds. The van der Waals surface area contributed by atoms with Crippen LogP contribution in [0.25, 0.3) is 11.3 Å². The molecule has 4 nitrogen and oxygen atoms in total. The molecule has 1 aliphatic carbocycles. The van der Waals surface area contributed by atoms with E-state index in [0.717, 1.165) is 45.9 Å². The number of nitrogens with zero attached hydrogens (tertiary/aromatic N) is 1. The van der Waals surface area contributed by atoms with Crippen molar-refractivity contribution in [2.75, 3.05) is 5.32 Å². The van der Waals surface area contributed by atoms with Crippen LogP contribution in [0.1, 0.15) is 49.3 Å². The maximum Gasteiger partial charge on any atom is 0.162 e. The van der Waals surface area contributed by atoms with Crippen LogP contribution in [0.2, 0.25) is 0 Å². The minimum atomic E-state index is -0.288. The number of nitrogens with one attached hydrogen (secondary N) is 2. The minimum absolute atomic E-state index is 0.107. The SMILES string of the molecule is Cc1ccc(-c2[nH]nc3c2[C@@H](c2ccc(F)cc2)C2=C(CC(C)(C)CC2=O)N3)cc1. The molecule has 0 saturated carbocycles. The summed E-state index contributed by atoms with van der Waals surface area (Å²) in [5.41, 5.74) is 6.51. The molecule has 2 heterocycles. The highest BCUT2D eigenvalue weighted by Gasteiger charge is 2.42. The van der Waals surface area contributed by atoms with E-state index in [1.165, 1.54) is 17.7 Å². The number of Topliss-reactive ketones (excluding diaryl/α,β-unsaturated/α-hetero) is 1. The van der Waals surface area contributed by atoms with Crippen molar-refractivity contribution in [2.45, 2.75) is 39.5 Å². The second-order valence-corrected chi connectivity index (χ2v) is 9.17. The van der Waals surface area contributed by atoms with Gasteiger partial charge in [-0.15, -0.1) is 0 Å². The number of H-pyrrole nitrogens is 1. The van der Waals surface area contributed by atoms with Crippen LogP contribution in [0.3, 0.4) is 0 Å².